The summed E-state index contributed by atoms with van der Waals surface area (Å²) in [5, 5.41) is 0. The maximum atomic E-state index is 12.9. The maximum Gasteiger partial charge on any atom is 0.306 e. The first-order valence-electron chi connectivity index (χ1n) is 35.5. The molecule has 0 bridgehead atoms. The first-order chi connectivity index (χ1) is 39.0. The van der Waals surface area contributed by atoms with Gasteiger partial charge < -0.3 is 14.2 Å². The molecule has 0 aromatic rings. The van der Waals surface area contributed by atoms with Gasteiger partial charge in [-0.15, -0.1) is 0 Å². The highest BCUT2D eigenvalue weighted by Gasteiger charge is 2.19. The smallest absolute Gasteiger partial charge is 0.306 e. The van der Waals surface area contributed by atoms with Crippen LogP contribution in [0.15, 0.2) is 36.5 Å². The third kappa shape index (κ3) is 66.3. The second-order valence-electron chi connectivity index (χ2n) is 24.2. The normalized spacial score (nSPS) is 12.2. The van der Waals surface area contributed by atoms with E-state index in [2.05, 4.69) is 57.2 Å². The Balaban J connectivity index is 4.13. The van der Waals surface area contributed by atoms with Gasteiger partial charge in [-0.1, -0.05) is 353 Å². The number of ether oxygens (including phenoxy) is 3. The van der Waals surface area contributed by atoms with Crippen molar-refractivity contribution in [3.63, 3.8) is 0 Å². The van der Waals surface area contributed by atoms with Crippen LogP contribution in [0.3, 0.4) is 0 Å². The number of esters is 3. The Morgan fingerprint density at radius 3 is 0.709 bits per heavy atom. The van der Waals surface area contributed by atoms with E-state index in [4.69, 9.17) is 14.2 Å². The van der Waals surface area contributed by atoms with Crippen LogP contribution in [-0.4, -0.2) is 37.2 Å². The van der Waals surface area contributed by atoms with Gasteiger partial charge in [-0.2, -0.15) is 0 Å². The molecule has 1 atom stereocenters. The average molecular weight is 1110 g/mol. The van der Waals surface area contributed by atoms with Gasteiger partial charge in [0.25, 0.3) is 0 Å². The first kappa shape index (κ1) is 76.6. The van der Waals surface area contributed by atoms with Crippen LogP contribution in [0.2, 0.25) is 0 Å². The molecule has 6 heteroatoms. The van der Waals surface area contributed by atoms with E-state index in [9.17, 15) is 14.4 Å². The Morgan fingerprint density at radius 1 is 0.253 bits per heavy atom. The fraction of sp³-hybridized carbons (Fsp3) is 0.877. The SMILES string of the molecule is CCCCCCC/C=C\C/C=C\C/C=C\CCCCCCCCCCCCCCCCC(=O)OCC(COC(=O)CCCCCCCCCCCC)OC(=O)CCCCCCCCCCCCCCCCCCCCCCCC. The molecule has 464 valence electrons. The summed E-state index contributed by atoms with van der Waals surface area (Å²) in [5.41, 5.74) is 0. The maximum absolute atomic E-state index is 12.9. The molecule has 0 aromatic carbocycles. The lowest BCUT2D eigenvalue weighted by molar-refractivity contribution is -0.167. The molecule has 6 nitrogen and oxygen atoms in total. The minimum Gasteiger partial charge on any atom is -0.462 e. The quantitative estimate of drug-likeness (QED) is 0.0261. The molecule has 0 amide bonds. The van der Waals surface area contributed by atoms with Crippen LogP contribution in [-0.2, 0) is 28.6 Å². The number of hydrogen-bond acceptors (Lipinski definition) is 6. The monoisotopic (exact) mass is 1110 g/mol. The third-order valence-electron chi connectivity index (χ3n) is 16.1. The topological polar surface area (TPSA) is 78.9 Å². The number of hydrogen-bond donors (Lipinski definition) is 0. The van der Waals surface area contributed by atoms with Gasteiger partial charge in [0.1, 0.15) is 13.2 Å². The van der Waals surface area contributed by atoms with Crippen molar-refractivity contribution in [2.24, 2.45) is 0 Å². The van der Waals surface area contributed by atoms with Crippen molar-refractivity contribution in [2.45, 2.75) is 399 Å². The lowest BCUT2D eigenvalue weighted by atomic mass is 10.0. The van der Waals surface area contributed by atoms with Crippen molar-refractivity contribution in [1.82, 2.24) is 0 Å². The Kier molecular flexibility index (Phi) is 66.1. The molecule has 0 saturated carbocycles. The van der Waals surface area contributed by atoms with E-state index in [1.54, 1.807) is 0 Å². The molecule has 0 rings (SSSR count). The van der Waals surface area contributed by atoms with Crippen molar-refractivity contribution in [3.05, 3.63) is 36.5 Å². The molecule has 0 heterocycles. The second-order valence-corrected chi connectivity index (χ2v) is 24.2. The molecule has 0 aliphatic heterocycles. The number of unbranched alkanes of at least 4 members (excludes halogenated alkanes) is 49. The first-order valence-corrected chi connectivity index (χ1v) is 35.5. The zero-order valence-electron chi connectivity index (χ0n) is 53.4. The molecule has 0 fully saturated rings. The van der Waals surface area contributed by atoms with Crippen molar-refractivity contribution in [1.29, 1.82) is 0 Å². The standard InChI is InChI=1S/C73H136O6/c1-4-7-10-13-16-19-22-24-26-28-30-32-34-35-36-37-38-39-40-42-43-45-47-49-51-54-57-60-63-66-72(75)78-69-70(68-77-71(74)65-62-59-56-53-21-18-15-12-9-6-3)79-73(76)67-64-61-58-55-52-50-48-46-44-41-33-31-29-27-25-23-20-17-14-11-8-5-2/h22,24,28,30,34-35,70H,4-21,23,25-27,29,31-33,36-69H2,1-3H3/b24-22-,30-28-,35-34-. The molecule has 0 spiro atoms. The lowest BCUT2D eigenvalue weighted by Crippen LogP contribution is -2.30. The van der Waals surface area contributed by atoms with E-state index >= 15 is 0 Å². The highest BCUT2D eigenvalue weighted by molar-refractivity contribution is 5.71. The number of carbonyl (C=O) groups excluding carboxylic acids is 3. The Labute approximate surface area is 493 Å². The zero-order chi connectivity index (χ0) is 57.1. The molecule has 0 aliphatic carbocycles. The van der Waals surface area contributed by atoms with E-state index in [-0.39, 0.29) is 31.1 Å². The summed E-state index contributed by atoms with van der Waals surface area (Å²) in [5.74, 6) is -0.839. The Hall–Kier alpha value is -2.37. The van der Waals surface area contributed by atoms with E-state index < -0.39 is 6.10 Å². The van der Waals surface area contributed by atoms with E-state index in [0.717, 1.165) is 70.6 Å². The van der Waals surface area contributed by atoms with Crippen molar-refractivity contribution >= 4 is 17.9 Å². The minimum atomic E-state index is -0.768. The van der Waals surface area contributed by atoms with Crippen molar-refractivity contribution in [2.75, 3.05) is 13.2 Å². The average Bonchev–Trinajstić information content (AvgIpc) is 3.45. The summed E-state index contributed by atoms with van der Waals surface area (Å²) >= 11 is 0. The van der Waals surface area contributed by atoms with Gasteiger partial charge in [0.05, 0.1) is 0 Å². The van der Waals surface area contributed by atoms with Gasteiger partial charge in [-0.25, -0.2) is 0 Å². The molecule has 79 heavy (non-hydrogen) atoms. The summed E-state index contributed by atoms with van der Waals surface area (Å²) < 4.78 is 17.0. The van der Waals surface area contributed by atoms with Crippen LogP contribution in [0.5, 0.6) is 0 Å². The molecular weight excluding hydrogens is 973 g/mol. The van der Waals surface area contributed by atoms with Crippen LogP contribution in [0, 0.1) is 0 Å². The van der Waals surface area contributed by atoms with Crippen LogP contribution in [0.4, 0.5) is 0 Å². The van der Waals surface area contributed by atoms with Gasteiger partial charge in [-0.3, -0.25) is 14.4 Å². The van der Waals surface area contributed by atoms with E-state index in [0.29, 0.717) is 19.3 Å². The van der Waals surface area contributed by atoms with Crippen LogP contribution < -0.4 is 0 Å². The highest BCUT2D eigenvalue weighted by Crippen LogP contribution is 2.19. The fourth-order valence-electron chi connectivity index (χ4n) is 10.8. The number of allylic oxidation sites excluding steroid dienone is 6. The van der Waals surface area contributed by atoms with E-state index in [1.807, 2.05) is 0 Å². The van der Waals surface area contributed by atoms with Crippen LogP contribution >= 0.6 is 0 Å². The number of carbonyl (C=O) groups is 3. The fourth-order valence-corrected chi connectivity index (χ4v) is 10.8. The predicted molar refractivity (Wildman–Crippen MR) is 344 cm³/mol. The third-order valence-corrected chi connectivity index (χ3v) is 16.1. The molecule has 0 N–H and O–H groups in total. The summed E-state index contributed by atoms with van der Waals surface area (Å²) in [4.78, 5) is 38.3. The Morgan fingerprint density at radius 2 is 0.456 bits per heavy atom. The van der Waals surface area contributed by atoms with Crippen molar-refractivity contribution < 1.29 is 28.6 Å². The summed E-state index contributed by atoms with van der Waals surface area (Å²) in [6.07, 6.45) is 84.7. The van der Waals surface area contributed by atoms with E-state index in [1.165, 1.54) is 283 Å². The van der Waals surface area contributed by atoms with Crippen LogP contribution in [0.25, 0.3) is 0 Å². The molecule has 0 aliphatic rings. The summed E-state index contributed by atoms with van der Waals surface area (Å²) in [6.45, 7) is 6.69. The Bertz CT molecular complexity index is 1320. The molecule has 0 saturated heterocycles. The summed E-state index contributed by atoms with van der Waals surface area (Å²) in [6, 6.07) is 0. The summed E-state index contributed by atoms with van der Waals surface area (Å²) in [7, 11) is 0. The van der Waals surface area contributed by atoms with Gasteiger partial charge in [-0.05, 0) is 57.8 Å². The lowest BCUT2D eigenvalue weighted by Gasteiger charge is -2.18. The van der Waals surface area contributed by atoms with Gasteiger partial charge in [0.2, 0.25) is 0 Å². The van der Waals surface area contributed by atoms with Crippen molar-refractivity contribution in [3.8, 4) is 0 Å². The predicted octanol–water partition coefficient (Wildman–Crippen LogP) is 24.3. The highest BCUT2D eigenvalue weighted by atomic mass is 16.6. The molecule has 0 aromatic heterocycles. The molecule has 0 radical (unpaired) electrons. The second kappa shape index (κ2) is 68.1. The number of rotatable bonds is 66. The van der Waals surface area contributed by atoms with Gasteiger partial charge >= 0.3 is 17.9 Å². The largest absolute Gasteiger partial charge is 0.462 e. The molecule has 1 unspecified atom stereocenters. The molecular formula is C73H136O6. The van der Waals surface area contributed by atoms with Crippen LogP contribution in [0.1, 0.15) is 393 Å². The zero-order valence-corrected chi connectivity index (χ0v) is 53.4. The minimum absolute atomic E-state index is 0.0657. The van der Waals surface area contributed by atoms with Gasteiger partial charge in [0, 0.05) is 19.3 Å². The van der Waals surface area contributed by atoms with Gasteiger partial charge in [0.15, 0.2) is 6.10 Å².